The number of rotatable bonds is 3. The number of benzene rings is 1. The van der Waals surface area contributed by atoms with Crippen LogP contribution in [0.5, 0.6) is 0 Å². The number of imidazole rings is 1. The Balaban J connectivity index is 1.52. The number of pyridine rings is 2. The van der Waals surface area contributed by atoms with E-state index in [4.69, 9.17) is 4.98 Å². The van der Waals surface area contributed by atoms with E-state index in [9.17, 15) is 0 Å². The third kappa shape index (κ3) is 2.62. The van der Waals surface area contributed by atoms with Crippen LogP contribution in [-0.4, -0.2) is 40.1 Å². The van der Waals surface area contributed by atoms with Crippen molar-refractivity contribution in [3.8, 4) is 33.8 Å². The number of aromatic amines is 2. The van der Waals surface area contributed by atoms with Gasteiger partial charge in [0, 0.05) is 53.1 Å². The van der Waals surface area contributed by atoms with Crippen LogP contribution in [0.3, 0.4) is 0 Å². The molecule has 6 aromatic rings. The minimum Gasteiger partial charge on any atom is -0.321 e. The minimum atomic E-state index is 0.654. The van der Waals surface area contributed by atoms with E-state index in [0.29, 0.717) is 11.5 Å². The molecule has 0 bridgehead atoms. The molecule has 6 rings (SSSR count). The smallest absolute Gasteiger partial charge is 0.160 e. The second-order valence-electron chi connectivity index (χ2n) is 6.84. The van der Waals surface area contributed by atoms with Gasteiger partial charge in [0.25, 0.3) is 0 Å². The maximum atomic E-state index is 4.83. The standard InChI is InChI=1S/C22H14N8/c1-2-14(9-23-6-1)16-5-7-26-21-19(16)27-22(28-21)20-17-8-13(3-4-18(17)29-30-20)15-10-24-12-25-11-15/h1-12H,(H,29,30)(H,26,27,28). The first-order valence-electron chi connectivity index (χ1n) is 9.36. The molecule has 0 aliphatic rings. The van der Waals surface area contributed by atoms with Gasteiger partial charge in [0.2, 0.25) is 0 Å². The Morgan fingerprint density at radius 1 is 0.800 bits per heavy atom. The summed E-state index contributed by atoms with van der Waals surface area (Å²) in [5.41, 5.74) is 7.05. The number of H-pyrrole nitrogens is 2. The van der Waals surface area contributed by atoms with Crippen LogP contribution < -0.4 is 0 Å². The molecule has 0 saturated carbocycles. The molecule has 142 valence electrons. The third-order valence-corrected chi connectivity index (χ3v) is 5.04. The van der Waals surface area contributed by atoms with Crippen molar-refractivity contribution in [3.05, 3.63) is 73.7 Å². The van der Waals surface area contributed by atoms with Gasteiger partial charge in [-0.1, -0.05) is 12.1 Å². The van der Waals surface area contributed by atoms with Crippen LogP contribution >= 0.6 is 0 Å². The number of hydrogen-bond acceptors (Lipinski definition) is 6. The second-order valence-corrected chi connectivity index (χ2v) is 6.84. The first-order chi connectivity index (χ1) is 14.9. The zero-order chi connectivity index (χ0) is 19.9. The van der Waals surface area contributed by atoms with Gasteiger partial charge in [-0.05, 0) is 29.8 Å². The summed E-state index contributed by atoms with van der Waals surface area (Å²) in [6.07, 6.45) is 10.4. The molecule has 0 aliphatic carbocycles. The van der Waals surface area contributed by atoms with Crippen molar-refractivity contribution < 1.29 is 0 Å². The number of nitrogens with one attached hydrogen (secondary N) is 2. The lowest BCUT2D eigenvalue weighted by Gasteiger charge is -2.01. The van der Waals surface area contributed by atoms with E-state index in [1.807, 2.05) is 36.5 Å². The zero-order valence-electron chi connectivity index (χ0n) is 15.6. The summed E-state index contributed by atoms with van der Waals surface area (Å²) < 4.78 is 0. The maximum Gasteiger partial charge on any atom is 0.160 e. The van der Waals surface area contributed by atoms with Gasteiger partial charge in [-0.15, -0.1) is 0 Å². The summed E-state index contributed by atoms with van der Waals surface area (Å²) in [6.45, 7) is 0. The molecule has 0 unspecified atom stereocenters. The molecule has 5 aromatic heterocycles. The van der Waals surface area contributed by atoms with Crippen LogP contribution in [0.15, 0.2) is 73.7 Å². The molecule has 8 heteroatoms. The summed E-state index contributed by atoms with van der Waals surface area (Å²) >= 11 is 0. The number of nitrogens with zero attached hydrogens (tertiary/aromatic N) is 6. The highest BCUT2D eigenvalue weighted by Crippen LogP contribution is 2.32. The van der Waals surface area contributed by atoms with E-state index in [-0.39, 0.29) is 0 Å². The molecule has 2 N–H and O–H groups in total. The Labute approximate surface area is 170 Å². The lowest BCUT2D eigenvalue weighted by molar-refractivity contribution is 1.10. The van der Waals surface area contributed by atoms with Crippen LogP contribution in [0, 0.1) is 0 Å². The summed E-state index contributed by atoms with van der Waals surface area (Å²) in [5.74, 6) is 0.654. The molecule has 0 spiro atoms. The minimum absolute atomic E-state index is 0.654. The Kier molecular flexibility index (Phi) is 3.60. The fourth-order valence-corrected chi connectivity index (χ4v) is 3.60. The van der Waals surface area contributed by atoms with Gasteiger partial charge in [0.05, 0.1) is 5.52 Å². The lowest BCUT2D eigenvalue weighted by Crippen LogP contribution is -1.84. The topological polar surface area (TPSA) is 109 Å². The monoisotopic (exact) mass is 390 g/mol. The van der Waals surface area contributed by atoms with Gasteiger partial charge in [0.15, 0.2) is 11.5 Å². The Hall–Kier alpha value is -4.46. The normalized spacial score (nSPS) is 11.3. The SMILES string of the molecule is c1cncc(-c2ccnc3[nH]c(-c4n[nH]c5ccc(-c6cncnc6)cc45)nc23)c1. The molecule has 0 amide bonds. The molecule has 0 saturated heterocycles. The van der Waals surface area contributed by atoms with E-state index in [1.165, 1.54) is 6.33 Å². The molecular weight excluding hydrogens is 376 g/mol. The van der Waals surface area contributed by atoms with Crippen LogP contribution in [0.1, 0.15) is 0 Å². The molecular formula is C22H14N8. The highest BCUT2D eigenvalue weighted by atomic mass is 15.1. The van der Waals surface area contributed by atoms with Crippen LogP contribution in [-0.2, 0) is 0 Å². The predicted molar refractivity (Wildman–Crippen MR) is 113 cm³/mol. The molecule has 0 atom stereocenters. The molecule has 0 fully saturated rings. The van der Waals surface area contributed by atoms with E-state index in [2.05, 4.69) is 41.2 Å². The average molecular weight is 390 g/mol. The fraction of sp³-hybridized carbons (Fsp3) is 0. The third-order valence-electron chi connectivity index (χ3n) is 5.04. The molecule has 5 heterocycles. The molecule has 0 aliphatic heterocycles. The second kappa shape index (κ2) is 6.56. The van der Waals surface area contributed by atoms with E-state index < -0.39 is 0 Å². The van der Waals surface area contributed by atoms with Gasteiger partial charge in [-0.25, -0.2) is 19.9 Å². The van der Waals surface area contributed by atoms with Crippen molar-refractivity contribution >= 4 is 22.1 Å². The quantitative estimate of drug-likeness (QED) is 0.472. The van der Waals surface area contributed by atoms with E-state index in [0.717, 1.165) is 44.4 Å². The Morgan fingerprint density at radius 3 is 2.57 bits per heavy atom. The van der Waals surface area contributed by atoms with Crippen molar-refractivity contribution in [2.45, 2.75) is 0 Å². The summed E-state index contributed by atoms with van der Waals surface area (Å²) in [7, 11) is 0. The van der Waals surface area contributed by atoms with Gasteiger partial charge in [-0.3, -0.25) is 10.1 Å². The first kappa shape index (κ1) is 16.5. The lowest BCUT2D eigenvalue weighted by atomic mass is 10.1. The van der Waals surface area contributed by atoms with Crippen LogP contribution in [0.2, 0.25) is 0 Å². The van der Waals surface area contributed by atoms with Gasteiger partial charge < -0.3 is 4.98 Å². The van der Waals surface area contributed by atoms with Crippen molar-refractivity contribution in [3.63, 3.8) is 0 Å². The highest BCUT2D eigenvalue weighted by Gasteiger charge is 2.16. The van der Waals surface area contributed by atoms with Crippen molar-refractivity contribution in [1.29, 1.82) is 0 Å². The molecule has 0 radical (unpaired) electrons. The average Bonchev–Trinajstić information content (AvgIpc) is 3.43. The number of hydrogen-bond donors (Lipinski definition) is 2. The highest BCUT2D eigenvalue weighted by molar-refractivity contribution is 5.97. The first-order valence-corrected chi connectivity index (χ1v) is 9.36. The predicted octanol–water partition coefficient (Wildman–Crippen LogP) is 4.02. The maximum absolute atomic E-state index is 4.83. The number of aromatic nitrogens is 8. The van der Waals surface area contributed by atoms with E-state index >= 15 is 0 Å². The van der Waals surface area contributed by atoms with Gasteiger partial charge in [0.1, 0.15) is 17.5 Å². The van der Waals surface area contributed by atoms with Crippen LogP contribution in [0.4, 0.5) is 0 Å². The van der Waals surface area contributed by atoms with Crippen molar-refractivity contribution in [2.24, 2.45) is 0 Å². The zero-order valence-corrected chi connectivity index (χ0v) is 15.6. The summed E-state index contributed by atoms with van der Waals surface area (Å²) in [4.78, 5) is 25.0. The molecule has 30 heavy (non-hydrogen) atoms. The molecule has 8 nitrogen and oxygen atoms in total. The van der Waals surface area contributed by atoms with Gasteiger partial charge in [-0.2, -0.15) is 5.10 Å². The summed E-state index contributed by atoms with van der Waals surface area (Å²) in [5, 5.41) is 8.55. The Bertz CT molecular complexity index is 1490. The van der Waals surface area contributed by atoms with Crippen molar-refractivity contribution in [2.75, 3.05) is 0 Å². The Morgan fingerprint density at radius 2 is 1.70 bits per heavy atom. The fourth-order valence-electron chi connectivity index (χ4n) is 3.60. The van der Waals surface area contributed by atoms with Gasteiger partial charge >= 0.3 is 0 Å². The van der Waals surface area contributed by atoms with Crippen LogP contribution in [0.25, 0.3) is 55.8 Å². The van der Waals surface area contributed by atoms with E-state index in [1.54, 1.807) is 24.8 Å². The number of fused-ring (bicyclic) bond motifs is 2. The molecule has 1 aromatic carbocycles. The van der Waals surface area contributed by atoms with Crippen molar-refractivity contribution in [1.82, 2.24) is 40.1 Å². The summed E-state index contributed by atoms with van der Waals surface area (Å²) in [6, 6.07) is 11.9. The largest absolute Gasteiger partial charge is 0.321 e.